The Morgan fingerprint density at radius 2 is 1.96 bits per heavy atom. The van der Waals surface area contributed by atoms with Crippen molar-refractivity contribution >= 4 is 5.65 Å². The Kier molecular flexibility index (Phi) is 4.05. The van der Waals surface area contributed by atoms with E-state index in [0.29, 0.717) is 17.8 Å². The summed E-state index contributed by atoms with van der Waals surface area (Å²) in [5.41, 5.74) is 3.19. The molecule has 2 heterocycles. The van der Waals surface area contributed by atoms with Crippen molar-refractivity contribution in [3.8, 4) is 23.1 Å². The summed E-state index contributed by atoms with van der Waals surface area (Å²) in [7, 11) is 0. The fraction of sp³-hybridized carbons (Fsp3) is 0.211. The maximum atomic E-state index is 12.9. The summed E-state index contributed by atoms with van der Waals surface area (Å²) in [6.07, 6.45) is 1.95. The third-order valence-corrected chi connectivity index (χ3v) is 4.03. The highest BCUT2D eigenvalue weighted by molar-refractivity contribution is 5.67. The van der Waals surface area contributed by atoms with Gasteiger partial charge in [0, 0.05) is 6.07 Å². The highest BCUT2D eigenvalue weighted by atomic mass is 16.3. The van der Waals surface area contributed by atoms with Gasteiger partial charge in [0.15, 0.2) is 5.56 Å². The maximum absolute atomic E-state index is 12.9. The van der Waals surface area contributed by atoms with E-state index in [1.807, 2.05) is 44.2 Å². The molecule has 0 aliphatic carbocycles. The largest absolute Gasteiger partial charge is 0.477 e. The number of aromatic nitrogens is 2. The number of hydrogen-bond acceptors (Lipinski definition) is 3. The second-order valence-corrected chi connectivity index (χ2v) is 5.87. The average molecular weight is 320 g/mol. The van der Waals surface area contributed by atoms with Gasteiger partial charge in [0.2, 0.25) is 0 Å². The molecular formula is C19H18N3O2+. The van der Waals surface area contributed by atoms with Crippen LogP contribution in [-0.4, -0.2) is 9.51 Å². The Bertz CT molecular complexity index is 1030. The van der Waals surface area contributed by atoms with Crippen LogP contribution in [0.15, 0.2) is 47.4 Å². The molecule has 0 aliphatic heterocycles. The minimum atomic E-state index is -0.277. The van der Waals surface area contributed by atoms with Crippen LogP contribution in [0.1, 0.15) is 17.5 Å². The lowest BCUT2D eigenvalue weighted by Crippen LogP contribution is -2.41. The second kappa shape index (κ2) is 6.17. The Labute approximate surface area is 139 Å². The molecule has 5 nitrogen and oxygen atoms in total. The number of benzene rings is 1. The van der Waals surface area contributed by atoms with Gasteiger partial charge in [-0.25, -0.2) is 4.79 Å². The molecule has 0 fully saturated rings. The molecule has 0 aliphatic rings. The molecule has 0 unspecified atom stereocenters. The Morgan fingerprint density at radius 3 is 2.67 bits per heavy atom. The van der Waals surface area contributed by atoms with Crippen molar-refractivity contribution in [3.05, 3.63) is 64.1 Å². The minimum Gasteiger partial charge on any atom is -0.477 e. The average Bonchev–Trinajstić information content (AvgIpc) is 2.55. The molecule has 0 saturated carbocycles. The van der Waals surface area contributed by atoms with Crippen LogP contribution in [0, 0.1) is 25.2 Å². The molecule has 24 heavy (non-hydrogen) atoms. The van der Waals surface area contributed by atoms with Crippen LogP contribution in [-0.2, 0) is 6.54 Å². The smallest absolute Gasteiger partial charge is 0.354 e. The van der Waals surface area contributed by atoms with E-state index in [9.17, 15) is 9.90 Å². The zero-order valence-corrected chi connectivity index (χ0v) is 13.7. The van der Waals surface area contributed by atoms with Gasteiger partial charge in [-0.1, -0.05) is 29.8 Å². The molecule has 1 aromatic carbocycles. The lowest BCUT2D eigenvalue weighted by Gasteiger charge is -2.09. The molecule has 0 amide bonds. The molecule has 120 valence electrons. The molecular weight excluding hydrogens is 302 g/mol. The van der Waals surface area contributed by atoms with E-state index in [1.165, 1.54) is 4.40 Å². The zero-order chi connectivity index (χ0) is 17.3. The Balaban J connectivity index is 2.41. The SMILES string of the molecule is Cc1cccc(-c2c(O)[n+](CCC#N)c3cc(C)ccn3c2=O)c1. The first-order valence-electron chi connectivity index (χ1n) is 7.74. The highest BCUT2D eigenvalue weighted by Gasteiger charge is 2.24. The summed E-state index contributed by atoms with van der Waals surface area (Å²) in [5, 5.41) is 19.7. The topological polar surface area (TPSA) is 69.4 Å². The number of nitriles is 1. The molecule has 0 atom stereocenters. The van der Waals surface area contributed by atoms with E-state index in [1.54, 1.807) is 16.8 Å². The quantitative estimate of drug-likeness (QED) is 0.754. The van der Waals surface area contributed by atoms with E-state index >= 15 is 0 Å². The first kappa shape index (κ1) is 15.8. The van der Waals surface area contributed by atoms with Gasteiger partial charge in [0.25, 0.3) is 11.5 Å². The van der Waals surface area contributed by atoms with E-state index in [4.69, 9.17) is 5.26 Å². The van der Waals surface area contributed by atoms with Gasteiger partial charge >= 0.3 is 5.56 Å². The van der Waals surface area contributed by atoms with Crippen LogP contribution in [0.2, 0.25) is 0 Å². The molecule has 0 spiro atoms. The third-order valence-electron chi connectivity index (χ3n) is 4.03. The van der Waals surface area contributed by atoms with Gasteiger partial charge in [-0.3, -0.25) is 0 Å². The predicted molar refractivity (Wildman–Crippen MR) is 90.7 cm³/mol. The van der Waals surface area contributed by atoms with Gasteiger partial charge in [-0.2, -0.15) is 14.2 Å². The van der Waals surface area contributed by atoms with Gasteiger partial charge in [0.1, 0.15) is 12.7 Å². The molecule has 3 aromatic rings. The van der Waals surface area contributed by atoms with Gasteiger partial charge in [-0.05, 0) is 31.0 Å². The van der Waals surface area contributed by atoms with E-state index in [2.05, 4.69) is 6.07 Å². The molecule has 0 bridgehead atoms. The molecule has 5 heteroatoms. The van der Waals surface area contributed by atoms with E-state index < -0.39 is 0 Å². The monoisotopic (exact) mass is 320 g/mol. The van der Waals surface area contributed by atoms with Crippen LogP contribution in [0.5, 0.6) is 5.88 Å². The summed E-state index contributed by atoms with van der Waals surface area (Å²) in [6.45, 7) is 4.17. The summed E-state index contributed by atoms with van der Waals surface area (Å²) < 4.78 is 3.14. The van der Waals surface area contributed by atoms with Crippen molar-refractivity contribution in [2.75, 3.05) is 0 Å². The van der Waals surface area contributed by atoms with E-state index in [0.717, 1.165) is 11.1 Å². The molecule has 0 saturated heterocycles. The van der Waals surface area contributed by atoms with Crippen LogP contribution in [0.25, 0.3) is 16.8 Å². The second-order valence-electron chi connectivity index (χ2n) is 5.87. The molecule has 3 rings (SSSR count). The number of pyridine rings is 1. The fourth-order valence-electron chi connectivity index (χ4n) is 2.86. The van der Waals surface area contributed by atoms with E-state index in [-0.39, 0.29) is 23.4 Å². The maximum Gasteiger partial charge on any atom is 0.354 e. The number of fused-ring (bicyclic) bond motifs is 1. The van der Waals surface area contributed by atoms with Crippen molar-refractivity contribution in [3.63, 3.8) is 0 Å². The van der Waals surface area contributed by atoms with Gasteiger partial charge < -0.3 is 5.11 Å². The zero-order valence-electron chi connectivity index (χ0n) is 13.7. The lowest BCUT2D eigenvalue weighted by molar-refractivity contribution is -0.679. The number of aromatic hydroxyl groups is 1. The van der Waals surface area contributed by atoms with Crippen molar-refractivity contribution in [2.45, 2.75) is 26.8 Å². The van der Waals surface area contributed by atoms with Crippen molar-refractivity contribution in [1.82, 2.24) is 4.40 Å². The molecule has 2 aromatic heterocycles. The Hall–Kier alpha value is -3.13. The number of nitrogens with zero attached hydrogens (tertiary/aromatic N) is 3. The standard InChI is InChI=1S/C19H17N3O2/c1-13-5-3-6-15(11-13)17-18(23)21(9-4-8-20)16-12-14(2)7-10-22(16)19(17)24/h3,5-7,10-12H,4,9H2,1-2H3/p+1. The predicted octanol–water partition coefficient (Wildman–Crippen LogP) is 2.49. The third kappa shape index (κ3) is 2.63. The Morgan fingerprint density at radius 1 is 1.21 bits per heavy atom. The molecule has 0 radical (unpaired) electrons. The van der Waals surface area contributed by atoms with Crippen molar-refractivity contribution < 1.29 is 9.67 Å². The number of hydrogen-bond donors (Lipinski definition) is 1. The first-order valence-corrected chi connectivity index (χ1v) is 7.74. The number of aryl methyl sites for hydroxylation is 3. The summed E-state index contributed by atoms with van der Waals surface area (Å²) in [6, 6.07) is 13.2. The van der Waals surface area contributed by atoms with Gasteiger partial charge in [-0.15, -0.1) is 0 Å². The highest BCUT2D eigenvalue weighted by Crippen LogP contribution is 2.24. The lowest BCUT2D eigenvalue weighted by atomic mass is 10.1. The number of rotatable bonds is 3. The summed E-state index contributed by atoms with van der Waals surface area (Å²) >= 11 is 0. The van der Waals surface area contributed by atoms with Crippen LogP contribution in [0.3, 0.4) is 0 Å². The summed E-state index contributed by atoms with van der Waals surface area (Å²) in [4.78, 5) is 12.9. The van der Waals surface area contributed by atoms with Gasteiger partial charge in [0.05, 0.1) is 12.5 Å². The summed E-state index contributed by atoms with van der Waals surface area (Å²) in [5.74, 6) is -0.105. The normalized spacial score (nSPS) is 10.7. The van der Waals surface area contributed by atoms with Crippen LogP contribution in [0.4, 0.5) is 0 Å². The van der Waals surface area contributed by atoms with Crippen molar-refractivity contribution in [1.29, 1.82) is 5.26 Å². The first-order chi connectivity index (χ1) is 11.5. The van der Waals surface area contributed by atoms with Crippen molar-refractivity contribution in [2.24, 2.45) is 0 Å². The fourth-order valence-corrected chi connectivity index (χ4v) is 2.86. The molecule has 1 N–H and O–H groups in total. The van der Waals surface area contributed by atoms with Crippen LogP contribution < -0.4 is 10.1 Å². The minimum absolute atomic E-state index is 0.105. The van der Waals surface area contributed by atoms with Crippen LogP contribution >= 0.6 is 0 Å².